The van der Waals surface area contributed by atoms with Crippen LogP contribution in [-0.4, -0.2) is 11.3 Å². The highest BCUT2D eigenvalue weighted by Gasteiger charge is 2.47. The van der Waals surface area contributed by atoms with Gasteiger partial charge in [-0.1, -0.05) is 248 Å². The Balaban J connectivity index is 1.03. The largest absolute Gasteiger partial charge is 0.311 e. The molecular formula is C86H67BN4. The van der Waals surface area contributed by atoms with Gasteiger partial charge in [-0.05, 0) is 174 Å². The fourth-order valence-electron chi connectivity index (χ4n) is 14.9. The Kier molecular flexibility index (Phi) is 12.5. The minimum absolute atomic E-state index is 0.0620. The predicted molar refractivity (Wildman–Crippen MR) is 388 cm³/mol. The lowest BCUT2D eigenvalue weighted by Gasteiger charge is -2.45. The van der Waals surface area contributed by atoms with Crippen molar-refractivity contribution in [1.82, 2.24) is 4.57 Å². The van der Waals surface area contributed by atoms with E-state index in [4.69, 9.17) is 0 Å². The van der Waals surface area contributed by atoms with Gasteiger partial charge in [0, 0.05) is 67.4 Å². The van der Waals surface area contributed by atoms with Crippen molar-refractivity contribution in [2.75, 3.05) is 14.7 Å². The number of para-hydroxylation sites is 4. The molecule has 0 amide bonds. The summed E-state index contributed by atoms with van der Waals surface area (Å²) >= 11 is 0. The molecule has 434 valence electrons. The maximum Gasteiger partial charge on any atom is 0.252 e. The van der Waals surface area contributed by atoms with Gasteiger partial charge in [-0.2, -0.15) is 0 Å². The second-order valence-electron chi connectivity index (χ2n) is 26.9. The Hall–Kier alpha value is -10.9. The van der Waals surface area contributed by atoms with E-state index in [1.165, 1.54) is 99.6 Å². The van der Waals surface area contributed by atoms with Crippen LogP contribution < -0.4 is 31.1 Å². The van der Waals surface area contributed by atoms with Crippen LogP contribution in [0, 0.1) is 0 Å². The zero-order valence-corrected chi connectivity index (χ0v) is 52.2. The molecule has 5 heteroatoms. The zero-order chi connectivity index (χ0) is 61.3. The number of fused-ring (bicyclic) bond motifs is 12. The van der Waals surface area contributed by atoms with Gasteiger partial charge in [-0.25, -0.2) is 0 Å². The van der Waals surface area contributed by atoms with Gasteiger partial charge in [0.05, 0.1) is 22.4 Å². The molecule has 4 heterocycles. The second-order valence-corrected chi connectivity index (χ2v) is 26.9. The molecule has 3 aliphatic heterocycles. The molecule has 0 radical (unpaired) electrons. The van der Waals surface area contributed by atoms with E-state index in [-0.39, 0.29) is 17.5 Å². The number of aromatic nitrogens is 1. The van der Waals surface area contributed by atoms with Crippen LogP contribution in [0.25, 0.3) is 83.1 Å². The fourth-order valence-corrected chi connectivity index (χ4v) is 14.9. The van der Waals surface area contributed by atoms with Crippen LogP contribution in [0.1, 0.15) is 52.7 Å². The Morgan fingerprint density at radius 1 is 0.297 bits per heavy atom. The Morgan fingerprint density at radius 3 is 1.42 bits per heavy atom. The monoisotopic (exact) mass is 1170 g/mol. The smallest absolute Gasteiger partial charge is 0.252 e. The molecule has 17 rings (SSSR count). The van der Waals surface area contributed by atoms with Crippen molar-refractivity contribution < 1.29 is 0 Å². The Labute approximate surface area is 534 Å². The molecule has 0 saturated heterocycles. The normalized spacial score (nSPS) is 12.9. The number of nitrogens with zero attached hydrogens (tertiary/aromatic N) is 4. The lowest BCUT2D eigenvalue weighted by Crippen LogP contribution is -2.61. The lowest BCUT2D eigenvalue weighted by atomic mass is 9.33. The summed E-state index contributed by atoms with van der Waals surface area (Å²) in [6.07, 6.45) is 0. The van der Waals surface area contributed by atoms with E-state index in [0.717, 1.165) is 62.2 Å². The number of hydrogen-bond acceptors (Lipinski definition) is 3. The summed E-state index contributed by atoms with van der Waals surface area (Å²) in [5, 5.41) is 2.45. The number of benzene rings is 13. The molecule has 0 aliphatic carbocycles. The summed E-state index contributed by atoms with van der Waals surface area (Å²) in [7, 11) is 0. The van der Waals surface area contributed by atoms with Crippen LogP contribution in [0.5, 0.6) is 0 Å². The molecule has 0 saturated carbocycles. The van der Waals surface area contributed by atoms with Crippen molar-refractivity contribution in [3.8, 4) is 61.3 Å². The highest BCUT2D eigenvalue weighted by atomic mass is 15.2. The first-order valence-corrected chi connectivity index (χ1v) is 32.0. The van der Waals surface area contributed by atoms with E-state index in [2.05, 4.69) is 358 Å². The van der Waals surface area contributed by atoms with Crippen LogP contribution in [0.3, 0.4) is 0 Å². The molecule has 91 heavy (non-hydrogen) atoms. The standard InChI is InChI=1S/C86H67BN4/c1-85(2,3)62-46-60(47-63(52-62)86(4,5)6)58-30-25-35-66(48-58)89-80-53-67(88(64-31-15-9-16-32-64)65-33-17-10-18-34-65)43-44-75(80)87-76-51-61(57-28-13-8-14-29-57)50-74-70-37-20-19-36-69(70)73-49-59(56-26-11-7-12-27-56)42-45-79(73)91(84(74)76)82-55-68(54-81(89)83(82)87)90-77-40-23-21-38-71(77)72-39-22-24-41-78(72)90/h7-55H,1-6H3. The summed E-state index contributed by atoms with van der Waals surface area (Å²) in [5.74, 6) is 0. The van der Waals surface area contributed by atoms with Crippen molar-refractivity contribution in [1.29, 1.82) is 0 Å². The average molecular weight is 1170 g/mol. The summed E-state index contributed by atoms with van der Waals surface area (Å²) in [5.41, 5.74) is 31.7. The van der Waals surface area contributed by atoms with E-state index in [9.17, 15) is 0 Å². The number of rotatable bonds is 8. The molecule has 1 aromatic heterocycles. The average Bonchev–Trinajstić information content (AvgIpc) is 1.66. The predicted octanol–water partition coefficient (Wildman–Crippen LogP) is 21.6. The minimum Gasteiger partial charge on any atom is -0.311 e. The highest BCUT2D eigenvalue weighted by Crippen LogP contribution is 2.56. The van der Waals surface area contributed by atoms with Crippen molar-refractivity contribution in [3.05, 3.63) is 308 Å². The molecule has 0 bridgehead atoms. The van der Waals surface area contributed by atoms with Gasteiger partial charge in [0.25, 0.3) is 6.71 Å². The van der Waals surface area contributed by atoms with E-state index in [1.54, 1.807) is 0 Å². The van der Waals surface area contributed by atoms with Gasteiger partial charge in [-0.3, -0.25) is 0 Å². The quantitative estimate of drug-likeness (QED) is 0.141. The van der Waals surface area contributed by atoms with E-state index in [0.29, 0.717) is 0 Å². The third kappa shape index (κ3) is 8.89. The van der Waals surface area contributed by atoms with Crippen LogP contribution in [0.4, 0.5) is 51.2 Å². The molecule has 0 unspecified atom stereocenters. The summed E-state index contributed by atoms with van der Waals surface area (Å²) in [6.45, 7) is 13.8. The van der Waals surface area contributed by atoms with Crippen LogP contribution >= 0.6 is 0 Å². The van der Waals surface area contributed by atoms with Gasteiger partial charge < -0.3 is 19.3 Å². The van der Waals surface area contributed by atoms with Gasteiger partial charge in [0.2, 0.25) is 0 Å². The summed E-state index contributed by atoms with van der Waals surface area (Å²) in [4.78, 5) is 7.71. The molecule has 3 aliphatic rings. The van der Waals surface area contributed by atoms with Gasteiger partial charge in [0.1, 0.15) is 0 Å². The van der Waals surface area contributed by atoms with Gasteiger partial charge in [-0.15, -0.1) is 0 Å². The topological polar surface area (TPSA) is 14.7 Å². The summed E-state index contributed by atoms with van der Waals surface area (Å²) in [6, 6.07) is 112. The maximum atomic E-state index is 2.67. The van der Waals surface area contributed by atoms with Crippen LogP contribution in [0.2, 0.25) is 0 Å². The van der Waals surface area contributed by atoms with Gasteiger partial charge >= 0.3 is 0 Å². The molecule has 0 N–H and O–H groups in total. The lowest BCUT2D eigenvalue weighted by molar-refractivity contribution is 0.569. The van der Waals surface area contributed by atoms with E-state index >= 15 is 0 Å². The highest BCUT2D eigenvalue weighted by molar-refractivity contribution is 7.00. The molecule has 13 aromatic carbocycles. The zero-order valence-electron chi connectivity index (χ0n) is 52.2. The molecule has 4 nitrogen and oxygen atoms in total. The van der Waals surface area contributed by atoms with Crippen molar-refractivity contribution >= 4 is 96.1 Å². The first-order chi connectivity index (χ1) is 44.4. The van der Waals surface area contributed by atoms with Crippen molar-refractivity contribution in [2.24, 2.45) is 0 Å². The van der Waals surface area contributed by atoms with E-state index < -0.39 is 0 Å². The fraction of sp³-hybridized carbons (Fsp3) is 0.0930. The molecule has 0 fully saturated rings. The first-order valence-electron chi connectivity index (χ1n) is 32.0. The number of anilines is 9. The molecule has 14 aromatic rings. The van der Waals surface area contributed by atoms with Crippen LogP contribution in [-0.2, 0) is 10.8 Å². The third-order valence-electron chi connectivity index (χ3n) is 19.3. The Bertz CT molecular complexity index is 5080. The number of hydrogen-bond donors (Lipinski definition) is 0. The van der Waals surface area contributed by atoms with Crippen molar-refractivity contribution in [3.63, 3.8) is 0 Å². The maximum absolute atomic E-state index is 2.67. The third-order valence-corrected chi connectivity index (χ3v) is 19.3. The summed E-state index contributed by atoms with van der Waals surface area (Å²) < 4.78 is 2.52. The first kappa shape index (κ1) is 54.3. The minimum atomic E-state index is -0.202. The van der Waals surface area contributed by atoms with Crippen LogP contribution in [0.15, 0.2) is 297 Å². The van der Waals surface area contributed by atoms with Gasteiger partial charge in [0.15, 0.2) is 0 Å². The Morgan fingerprint density at radius 2 is 0.802 bits per heavy atom. The van der Waals surface area contributed by atoms with Crippen molar-refractivity contribution in [2.45, 2.75) is 52.4 Å². The second kappa shape index (κ2) is 20.9. The molecular weight excluding hydrogens is 1100 g/mol. The SMILES string of the molecule is CC(C)(C)c1cc(-c2cccc(N3c4cc(N(c5ccccc5)c5ccccc5)ccc4B4c5cc(-c6ccccc6)cc6c5N(c5ccc(-c7ccccc7)cc5-c5ccccc5-6)c5cc(-n6c7ccccc7c7ccccc76)cc3c54)c2)cc(C(C)(C)C)c1. The molecule has 0 atom stereocenters. The van der Waals surface area contributed by atoms with E-state index in [1.807, 2.05) is 0 Å². The molecule has 0 spiro atoms.